The van der Waals surface area contributed by atoms with Gasteiger partial charge in [-0.2, -0.15) is 0 Å². The van der Waals surface area contributed by atoms with E-state index >= 15 is 0 Å². The van der Waals surface area contributed by atoms with Crippen molar-refractivity contribution in [2.24, 2.45) is 0 Å². The molecule has 0 amide bonds. The molecule has 0 radical (unpaired) electrons. The number of methoxy groups -OCH3 is 1. The van der Waals surface area contributed by atoms with Gasteiger partial charge in [-0.1, -0.05) is 29.8 Å². The summed E-state index contributed by atoms with van der Waals surface area (Å²) < 4.78 is 18.8. The van der Waals surface area contributed by atoms with E-state index in [9.17, 15) is 4.39 Å². The molecule has 1 saturated heterocycles. The molecule has 1 aliphatic rings. The highest BCUT2D eigenvalue weighted by Gasteiger charge is 2.38. The number of ether oxygens (including phenoxy) is 1. The van der Waals surface area contributed by atoms with Gasteiger partial charge in [-0.15, -0.1) is 0 Å². The van der Waals surface area contributed by atoms with Crippen LogP contribution in [0.2, 0.25) is 5.02 Å². The van der Waals surface area contributed by atoms with Gasteiger partial charge >= 0.3 is 0 Å². The van der Waals surface area contributed by atoms with Crippen molar-refractivity contribution in [3.05, 3.63) is 64.4 Å². The zero-order chi connectivity index (χ0) is 14.9. The third kappa shape index (κ3) is 2.76. The first-order valence-corrected chi connectivity index (χ1v) is 7.30. The first kappa shape index (κ1) is 14.4. The molecule has 1 aliphatic heterocycles. The Balaban J connectivity index is 1.87. The van der Waals surface area contributed by atoms with Crippen LogP contribution < -0.4 is 10.1 Å². The first-order chi connectivity index (χ1) is 10.1. The summed E-state index contributed by atoms with van der Waals surface area (Å²) in [5.41, 5.74) is 2.23. The highest BCUT2D eigenvalue weighted by Crippen LogP contribution is 2.34. The van der Waals surface area contributed by atoms with Crippen LogP contribution >= 0.6 is 11.6 Å². The van der Waals surface area contributed by atoms with Gasteiger partial charge in [-0.05, 0) is 41.8 Å². The van der Waals surface area contributed by atoms with Gasteiger partial charge in [0.15, 0.2) is 11.6 Å². The Morgan fingerprint density at radius 1 is 1.19 bits per heavy atom. The number of nitrogens with one attached hydrogen (secondary N) is 1. The number of rotatable bonds is 4. The Labute approximate surface area is 128 Å². The summed E-state index contributed by atoms with van der Waals surface area (Å²) in [4.78, 5) is 0. The third-order valence-electron chi connectivity index (χ3n) is 4.14. The monoisotopic (exact) mass is 305 g/mol. The standard InChI is InChI=1S/C17H17ClFNO/c1-21-16-7-2-12(8-15(16)19)9-17(10-20-11-17)13-3-5-14(18)6-4-13/h2-8,20H,9-11H2,1H3. The average Bonchev–Trinajstić information content (AvgIpc) is 2.44. The molecule has 0 atom stereocenters. The quantitative estimate of drug-likeness (QED) is 0.932. The minimum atomic E-state index is -0.312. The maximum Gasteiger partial charge on any atom is 0.165 e. The van der Waals surface area contributed by atoms with Gasteiger partial charge in [0.1, 0.15) is 0 Å². The van der Waals surface area contributed by atoms with Crippen LogP contribution in [0.4, 0.5) is 4.39 Å². The van der Waals surface area contributed by atoms with Crippen molar-refractivity contribution in [2.75, 3.05) is 20.2 Å². The molecule has 2 aromatic carbocycles. The van der Waals surface area contributed by atoms with Crippen LogP contribution in [0.1, 0.15) is 11.1 Å². The molecule has 0 unspecified atom stereocenters. The van der Waals surface area contributed by atoms with Crippen LogP contribution in [0.15, 0.2) is 42.5 Å². The van der Waals surface area contributed by atoms with Crippen LogP contribution in [-0.4, -0.2) is 20.2 Å². The lowest BCUT2D eigenvalue weighted by atomic mass is 9.71. The van der Waals surface area contributed by atoms with Crippen molar-refractivity contribution in [2.45, 2.75) is 11.8 Å². The fourth-order valence-corrected chi connectivity index (χ4v) is 3.00. The molecule has 0 saturated carbocycles. The molecule has 0 bridgehead atoms. The number of hydrogen-bond acceptors (Lipinski definition) is 2. The minimum absolute atomic E-state index is 0.0195. The molecular weight excluding hydrogens is 289 g/mol. The van der Waals surface area contributed by atoms with Crippen LogP contribution in [0, 0.1) is 5.82 Å². The van der Waals surface area contributed by atoms with Gasteiger partial charge in [0.2, 0.25) is 0 Å². The minimum Gasteiger partial charge on any atom is -0.494 e. The fraction of sp³-hybridized carbons (Fsp3) is 0.294. The molecule has 110 valence electrons. The summed E-state index contributed by atoms with van der Waals surface area (Å²) in [5, 5.41) is 4.05. The number of halogens is 2. The Hall–Kier alpha value is -1.58. The van der Waals surface area contributed by atoms with E-state index < -0.39 is 0 Å². The molecule has 0 aromatic heterocycles. The molecular formula is C17H17ClFNO. The predicted octanol–water partition coefficient (Wildman–Crippen LogP) is 3.57. The van der Waals surface area contributed by atoms with Crippen molar-refractivity contribution in [1.29, 1.82) is 0 Å². The Bertz CT molecular complexity index is 638. The lowest BCUT2D eigenvalue weighted by Gasteiger charge is -2.43. The number of benzene rings is 2. The summed E-state index contributed by atoms with van der Waals surface area (Å²) in [6, 6.07) is 13.1. The van der Waals surface area contributed by atoms with Crippen molar-refractivity contribution in [3.8, 4) is 5.75 Å². The molecule has 2 nitrogen and oxygen atoms in total. The molecule has 1 heterocycles. The lowest BCUT2D eigenvalue weighted by molar-refractivity contribution is 0.274. The van der Waals surface area contributed by atoms with E-state index in [0.717, 1.165) is 30.1 Å². The normalized spacial score (nSPS) is 16.3. The second-order valence-electron chi connectivity index (χ2n) is 5.54. The average molecular weight is 306 g/mol. The molecule has 1 N–H and O–H groups in total. The zero-order valence-corrected chi connectivity index (χ0v) is 12.6. The van der Waals surface area contributed by atoms with E-state index in [1.54, 1.807) is 12.1 Å². The van der Waals surface area contributed by atoms with Crippen LogP contribution in [0.25, 0.3) is 0 Å². The summed E-state index contributed by atoms with van der Waals surface area (Å²) in [5.74, 6) is -0.0282. The predicted molar refractivity (Wildman–Crippen MR) is 82.7 cm³/mol. The van der Waals surface area contributed by atoms with Crippen LogP contribution in [0.3, 0.4) is 0 Å². The molecule has 2 aromatic rings. The second kappa shape index (κ2) is 5.66. The van der Waals surface area contributed by atoms with Crippen LogP contribution in [-0.2, 0) is 11.8 Å². The number of hydrogen-bond donors (Lipinski definition) is 1. The highest BCUT2D eigenvalue weighted by molar-refractivity contribution is 6.30. The first-order valence-electron chi connectivity index (χ1n) is 6.92. The zero-order valence-electron chi connectivity index (χ0n) is 11.8. The molecule has 1 fully saturated rings. The van der Waals surface area contributed by atoms with Crippen LogP contribution in [0.5, 0.6) is 5.75 Å². The third-order valence-corrected chi connectivity index (χ3v) is 4.39. The smallest absolute Gasteiger partial charge is 0.165 e. The van der Waals surface area contributed by atoms with Gasteiger partial charge in [-0.25, -0.2) is 4.39 Å². The molecule has 0 aliphatic carbocycles. The van der Waals surface area contributed by atoms with Gasteiger partial charge < -0.3 is 10.1 Å². The van der Waals surface area contributed by atoms with E-state index in [1.807, 2.05) is 18.2 Å². The van der Waals surface area contributed by atoms with Gasteiger partial charge in [0.25, 0.3) is 0 Å². The summed E-state index contributed by atoms with van der Waals surface area (Å²) in [6.07, 6.45) is 0.794. The SMILES string of the molecule is COc1ccc(CC2(c3ccc(Cl)cc3)CNC2)cc1F. The largest absolute Gasteiger partial charge is 0.494 e. The molecule has 3 rings (SSSR count). The van der Waals surface area contributed by atoms with Crippen molar-refractivity contribution < 1.29 is 9.13 Å². The molecule has 4 heteroatoms. The van der Waals surface area contributed by atoms with Crippen molar-refractivity contribution in [1.82, 2.24) is 5.32 Å². The molecule has 0 spiro atoms. The molecule has 21 heavy (non-hydrogen) atoms. The van der Waals surface area contributed by atoms with E-state index in [1.165, 1.54) is 12.7 Å². The van der Waals surface area contributed by atoms with Crippen molar-refractivity contribution in [3.63, 3.8) is 0 Å². The summed E-state index contributed by atoms with van der Waals surface area (Å²) in [6.45, 7) is 1.78. The van der Waals surface area contributed by atoms with Gasteiger partial charge in [-0.3, -0.25) is 0 Å². The Kier molecular flexibility index (Phi) is 3.87. The van der Waals surface area contributed by atoms with E-state index in [-0.39, 0.29) is 17.0 Å². The van der Waals surface area contributed by atoms with E-state index in [4.69, 9.17) is 16.3 Å². The Morgan fingerprint density at radius 3 is 2.43 bits per heavy atom. The maximum atomic E-state index is 13.8. The highest BCUT2D eigenvalue weighted by atomic mass is 35.5. The lowest BCUT2D eigenvalue weighted by Crippen LogP contribution is -2.58. The fourth-order valence-electron chi connectivity index (χ4n) is 2.87. The van der Waals surface area contributed by atoms with E-state index in [0.29, 0.717) is 0 Å². The maximum absolute atomic E-state index is 13.8. The summed E-state index contributed by atoms with van der Waals surface area (Å²) >= 11 is 5.96. The van der Waals surface area contributed by atoms with E-state index in [2.05, 4.69) is 17.4 Å². The topological polar surface area (TPSA) is 21.3 Å². The Morgan fingerprint density at radius 2 is 1.90 bits per heavy atom. The van der Waals surface area contributed by atoms with Crippen molar-refractivity contribution >= 4 is 11.6 Å². The van der Waals surface area contributed by atoms with Gasteiger partial charge in [0, 0.05) is 23.5 Å². The van der Waals surface area contributed by atoms with Gasteiger partial charge in [0.05, 0.1) is 7.11 Å². The second-order valence-corrected chi connectivity index (χ2v) is 5.97. The summed E-state index contributed by atoms with van der Waals surface area (Å²) in [7, 11) is 1.48.